The second-order valence-electron chi connectivity index (χ2n) is 3.88. The minimum atomic E-state index is -4.28. The number of alkyl halides is 3. The Labute approximate surface area is 80.8 Å². The van der Waals surface area contributed by atoms with Crippen LogP contribution in [0.5, 0.6) is 0 Å². The molecule has 0 unspecified atom stereocenters. The SMILES string of the molecule is CC(C)(N)CNC(=O)CCC(F)(F)F. The molecule has 0 aliphatic heterocycles. The maximum Gasteiger partial charge on any atom is 0.389 e. The first-order valence-corrected chi connectivity index (χ1v) is 4.22. The lowest BCUT2D eigenvalue weighted by molar-refractivity contribution is -0.144. The number of hydrogen-bond acceptors (Lipinski definition) is 2. The number of carbonyl (C=O) groups is 1. The van der Waals surface area contributed by atoms with Crippen LogP contribution in [0.3, 0.4) is 0 Å². The Morgan fingerprint density at radius 2 is 1.86 bits per heavy atom. The zero-order chi connectivity index (χ0) is 11.4. The van der Waals surface area contributed by atoms with Crippen LogP contribution in [0.25, 0.3) is 0 Å². The van der Waals surface area contributed by atoms with Crippen LogP contribution in [0.2, 0.25) is 0 Å². The number of carbonyl (C=O) groups excluding carboxylic acids is 1. The third kappa shape index (κ3) is 9.31. The molecule has 0 aromatic rings. The monoisotopic (exact) mass is 212 g/mol. The van der Waals surface area contributed by atoms with E-state index in [0.29, 0.717) is 0 Å². The van der Waals surface area contributed by atoms with Gasteiger partial charge in [-0.25, -0.2) is 0 Å². The fourth-order valence-corrected chi connectivity index (χ4v) is 0.670. The van der Waals surface area contributed by atoms with Crippen molar-refractivity contribution in [3.05, 3.63) is 0 Å². The Hall–Kier alpha value is -0.780. The minimum Gasteiger partial charge on any atom is -0.354 e. The molecule has 0 radical (unpaired) electrons. The average molecular weight is 212 g/mol. The van der Waals surface area contributed by atoms with Crippen molar-refractivity contribution in [1.29, 1.82) is 0 Å². The Morgan fingerprint density at radius 1 is 1.36 bits per heavy atom. The first kappa shape index (κ1) is 13.2. The lowest BCUT2D eigenvalue weighted by atomic mass is 10.1. The molecule has 0 saturated carbocycles. The summed E-state index contributed by atoms with van der Waals surface area (Å²) in [7, 11) is 0. The second kappa shape index (κ2) is 4.63. The van der Waals surface area contributed by atoms with E-state index < -0.39 is 30.5 Å². The van der Waals surface area contributed by atoms with Crippen molar-refractivity contribution in [1.82, 2.24) is 5.32 Å². The largest absolute Gasteiger partial charge is 0.389 e. The number of rotatable bonds is 4. The maximum absolute atomic E-state index is 11.7. The van der Waals surface area contributed by atoms with Crippen molar-refractivity contribution in [3.8, 4) is 0 Å². The van der Waals surface area contributed by atoms with Crippen molar-refractivity contribution in [2.24, 2.45) is 5.73 Å². The van der Waals surface area contributed by atoms with Gasteiger partial charge in [0.2, 0.25) is 5.91 Å². The summed E-state index contributed by atoms with van der Waals surface area (Å²) in [6, 6.07) is 0. The summed E-state index contributed by atoms with van der Waals surface area (Å²) in [6.07, 6.45) is -5.92. The highest BCUT2D eigenvalue weighted by Crippen LogP contribution is 2.20. The van der Waals surface area contributed by atoms with Crippen LogP contribution in [0, 0.1) is 0 Å². The molecule has 1 amide bonds. The van der Waals surface area contributed by atoms with Crippen molar-refractivity contribution in [2.75, 3.05) is 6.54 Å². The topological polar surface area (TPSA) is 55.1 Å². The molecule has 3 nitrogen and oxygen atoms in total. The molecule has 0 aromatic carbocycles. The van der Waals surface area contributed by atoms with E-state index in [1.807, 2.05) is 0 Å². The van der Waals surface area contributed by atoms with Crippen LogP contribution in [0.1, 0.15) is 26.7 Å². The number of nitrogens with two attached hydrogens (primary N) is 1. The first-order chi connectivity index (χ1) is 6.10. The fourth-order valence-electron chi connectivity index (χ4n) is 0.670. The molecule has 0 rings (SSSR count). The molecule has 14 heavy (non-hydrogen) atoms. The lowest BCUT2D eigenvalue weighted by Gasteiger charge is -2.18. The molecule has 0 aromatic heterocycles. The van der Waals surface area contributed by atoms with Gasteiger partial charge < -0.3 is 11.1 Å². The molecular formula is C8H15F3N2O. The second-order valence-corrected chi connectivity index (χ2v) is 3.88. The van der Waals surface area contributed by atoms with E-state index in [2.05, 4.69) is 5.32 Å². The Morgan fingerprint density at radius 3 is 2.21 bits per heavy atom. The number of amides is 1. The third-order valence-electron chi connectivity index (χ3n) is 1.38. The average Bonchev–Trinajstić information content (AvgIpc) is 1.94. The molecule has 0 spiro atoms. The number of nitrogens with one attached hydrogen (secondary N) is 1. The first-order valence-electron chi connectivity index (χ1n) is 4.22. The van der Waals surface area contributed by atoms with Crippen LogP contribution in [-0.2, 0) is 4.79 Å². The van der Waals surface area contributed by atoms with E-state index in [-0.39, 0.29) is 6.54 Å². The highest BCUT2D eigenvalue weighted by Gasteiger charge is 2.28. The normalized spacial score (nSPS) is 12.7. The Balaban J connectivity index is 3.68. The summed E-state index contributed by atoms with van der Waals surface area (Å²) in [6.45, 7) is 3.53. The van der Waals surface area contributed by atoms with Gasteiger partial charge in [-0.1, -0.05) is 0 Å². The molecule has 0 aliphatic rings. The molecule has 84 valence electrons. The van der Waals surface area contributed by atoms with Gasteiger partial charge in [0.05, 0.1) is 6.42 Å². The van der Waals surface area contributed by atoms with Gasteiger partial charge in [0.1, 0.15) is 0 Å². The molecule has 0 bridgehead atoms. The highest BCUT2D eigenvalue weighted by molar-refractivity contribution is 5.75. The minimum absolute atomic E-state index is 0.170. The quantitative estimate of drug-likeness (QED) is 0.735. The Bertz CT molecular complexity index is 176. The maximum atomic E-state index is 11.7. The van der Waals surface area contributed by atoms with E-state index in [9.17, 15) is 18.0 Å². The zero-order valence-electron chi connectivity index (χ0n) is 8.24. The third-order valence-corrected chi connectivity index (χ3v) is 1.38. The van der Waals surface area contributed by atoms with Gasteiger partial charge in [-0.2, -0.15) is 13.2 Å². The molecule has 0 heterocycles. The van der Waals surface area contributed by atoms with Gasteiger partial charge in [0.15, 0.2) is 0 Å². The summed E-state index contributed by atoms with van der Waals surface area (Å²) < 4.78 is 35.1. The summed E-state index contributed by atoms with van der Waals surface area (Å²) in [5.74, 6) is -0.624. The van der Waals surface area contributed by atoms with Crippen molar-refractivity contribution in [3.63, 3.8) is 0 Å². The van der Waals surface area contributed by atoms with E-state index in [4.69, 9.17) is 5.73 Å². The van der Waals surface area contributed by atoms with Gasteiger partial charge in [0, 0.05) is 18.5 Å². The van der Waals surface area contributed by atoms with Gasteiger partial charge >= 0.3 is 6.18 Å². The molecule has 0 saturated heterocycles. The van der Waals surface area contributed by atoms with E-state index in [0.717, 1.165) is 0 Å². The molecule has 0 fully saturated rings. The van der Waals surface area contributed by atoms with Crippen molar-refractivity contribution < 1.29 is 18.0 Å². The summed E-state index contributed by atoms with van der Waals surface area (Å²) >= 11 is 0. The molecular weight excluding hydrogens is 197 g/mol. The highest BCUT2D eigenvalue weighted by atomic mass is 19.4. The van der Waals surface area contributed by atoms with Gasteiger partial charge in [-0.3, -0.25) is 4.79 Å². The zero-order valence-corrected chi connectivity index (χ0v) is 8.24. The van der Waals surface area contributed by atoms with E-state index in [1.165, 1.54) is 0 Å². The van der Waals surface area contributed by atoms with Crippen LogP contribution >= 0.6 is 0 Å². The predicted molar refractivity (Wildman–Crippen MR) is 46.6 cm³/mol. The smallest absolute Gasteiger partial charge is 0.354 e. The van der Waals surface area contributed by atoms with Crippen LogP contribution in [-0.4, -0.2) is 24.2 Å². The summed E-state index contributed by atoms with van der Waals surface area (Å²) in [5, 5.41) is 2.33. The Kier molecular flexibility index (Phi) is 4.38. The molecule has 0 atom stereocenters. The van der Waals surface area contributed by atoms with Crippen molar-refractivity contribution in [2.45, 2.75) is 38.4 Å². The van der Waals surface area contributed by atoms with Gasteiger partial charge in [-0.15, -0.1) is 0 Å². The standard InChI is InChI=1S/C8H15F3N2O/c1-7(2,12)5-13-6(14)3-4-8(9,10)11/h3-5,12H2,1-2H3,(H,13,14). The van der Waals surface area contributed by atoms with Gasteiger partial charge in [-0.05, 0) is 13.8 Å². The molecule has 0 aliphatic carbocycles. The lowest BCUT2D eigenvalue weighted by Crippen LogP contribution is -2.45. The van der Waals surface area contributed by atoms with Crippen LogP contribution in [0.4, 0.5) is 13.2 Å². The van der Waals surface area contributed by atoms with Gasteiger partial charge in [0.25, 0.3) is 0 Å². The summed E-state index contributed by atoms with van der Waals surface area (Å²) in [5.41, 5.74) is 4.93. The number of halogens is 3. The fraction of sp³-hybridized carbons (Fsp3) is 0.875. The predicted octanol–water partition coefficient (Wildman–Crippen LogP) is 1.18. The summed E-state index contributed by atoms with van der Waals surface area (Å²) in [4.78, 5) is 10.9. The van der Waals surface area contributed by atoms with E-state index >= 15 is 0 Å². The van der Waals surface area contributed by atoms with Crippen LogP contribution < -0.4 is 11.1 Å². The van der Waals surface area contributed by atoms with Crippen molar-refractivity contribution >= 4 is 5.91 Å². The number of hydrogen-bond donors (Lipinski definition) is 2. The molecule has 3 N–H and O–H groups in total. The molecule has 6 heteroatoms. The van der Waals surface area contributed by atoms with Crippen LogP contribution in [0.15, 0.2) is 0 Å². The van der Waals surface area contributed by atoms with E-state index in [1.54, 1.807) is 13.8 Å².